The normalized spacial score (nSPS) is 10.4. The third-order valence-corrected chi connectivity index (χ3v) is 2.76. The zero-order valence-corrected chi connectivity index (χ0v) is 11.0. The number of nitrogen functional groups attached to an aromatic ring is 1. The summed E-state index contributed by atoms with van der Waals surface area (Å²) in [7, 11) is 1.32. The molecule has 0 saturated heterocycles. The molecule has 0 atom stereocenters. The van der Waals surface area contributed by atoms with Crippen molar-refractivity contribution in [2.75, 3.05) is 12.8 Å². The molecule has 0 aliphatic heterocycles. The first kappa shape index (κ1) is 13.1. The number of hydrogen-bond donors (Lipinski definition) is 1. The summed E-state index contributed by atoms with van der Waals surface area (Å²) in [6.07, 6.45) is 6.80. The molecule has 2 N–H and O–H groups in total. The van der Waals surface area contributed by atoms with Crippen LogP contribution in [0.2, 0.25) is 0 Å². The second-order valence-corrected chi connectivity index (χ2v) is 4.08. The minimum atomic E-state index is -0.474. The van der Waals surface area contributed by atoms with Crippen LogP contribution in [0.1, 0.15) is 29.5 Å². The summed E-state index contributed by atoms with van der Waals surface area (Å²) in [5.74, 6) is 1.03. The fourth-order valence-corrected chi connectivity index (χ4v) is 1.82. The van der Waals surface area contributed by atoms with Gasteiger partial charge in [-0.3, -0.25) is 4.57 Å². The number of carbonyl (C=O) groups excluding carboxylic acids is 1. The summed E-state index contributed by atoms with van der Waals surface area (Å²) in [6, 6.07) is 1.61. The lowest BCUT2D eigenvalue weighted by atomic mass is 10.2. The number of imidazole rings is 1. The molecule has 0 fully saturated rings. The van der Waals surface area contributed by atoms with Gasteiger partial charge in [0.2, 0.25) is 0 Å². The Labute approximate surface area is 111 Å². The SMILES string of the molecule is CCCc1nccn1-c1cc(C(=O)OC)c(N)cn1. The van der Waals surface area contributed by atoms with Gasteiger partial charge >= 0.3 is 5.97 Å². The van der Waals surface area contributed by atoms with Crippen LogP contribution in [0.15, 0.2) is 24.7 Å². The minimum Gasteiger partial charge on any atom is -0.465 e. The van der Waals surface area contributed by atoms with Crippen molar-refractivity contribution >= 4 is 11.7 Å². The van der Waals surface area contributed by atoms with Gasteiger partial charge in [0.15, 0.2) is 0 Å². The van der Waals surface area contributed by atoms with Crippen molar-refractivity contribution in [3.8, 4) is 5.82 Å². The van der Waals surface area contributed by atoms with Gasteiger partial charge in [-0.25, -0.2) is 14.8 Å². The molecule has 0 unspecified atom stereocenters. The number of methoxy groups -OCH3 is 1. The molecule has 6 heteroatoms. The lowest BCUT2D eigenvalue weighted by Crippen LogP contribution is -2.09. The van der Waals surface area contributed by atoms with Gasteiger partial charge < -0.3 is 10.5 Å². The first-order chi connectivity index (χ1) is 9.17. The van der Waals surface area contributed by atoms with E-state index >= 15 is 0 Å². The van der Waals surface area contributed by atoms with Crippen molar-refractivity contribution in [2.45, 2.75) is 19.8 Å². The molecule has 2 heterocycles. The van der Waals surface area contributed by atoms with Crippen molar-refractivity contribution in [3.05, 3.63) is 36.0 Å². The van der Waals surface area contributed by atoms with Crippen LogP contribution in [0.5, 0.6) is 0 Å². The molecule has 0 aliphatic rings. The quantitative estimate of drug-likeness (QED) is 0.844. The molecule has 2 rings (SSSR count). The Bertz CT molecular complexity index is 592. The van der Waals surface area contributed by atoms with Gasteiger partial charge in [-0.15, -0.1) is 0 Å². The van der Waals surface area contributed by atoms with Gasteiger partial charge in [-0.2, -0.15) is 0 Å². The van der Waals surface area contributed by atoms with Gasteiger partial charge in [0, 0.05) is 18.8 Å². The molecule has 0 radical (unpaired) electrons. The molecular weight excluding hydrogens is 244 g/mol. The summed E-state index contributed by atoms with van der Waals surface area (Å²) >= 11 is 0. The van der Waals surface area contributed by atoms with E-state index in [0.29, 0.717) is 17.1 Å². The number of hydrogen-bond acceptors (Lipinski definition) is 5. The van der Waals surface area contributed by atoms with E-state index in [1.807, 2.05) is 10.8 Å². The van der Waals surface area contributed by atoms with Crippen LogP contribution in [0.4, 0.5) is 5.69 Å². The maximum absolute atomic E-state index is 11.6. The largest absolute Gasteiger partial charge is 0.465 e. The molecule has 0 spiro atoms. The number of aryl methyl sites for hydroxylation is 1. The van der Waals surface area contributed by atoms with Gasteiger partial charge in [0.1, 0.15) is 11.6 Å². The van der Waals surface area contributed by atoms with E-state index in [2.05, 4.69) is 16.9 Å². The summed E-state index contributed by atoms with van der Waals surface area (Å²) in [5.41, 5.74) is 6.34. The summed E-state index contributed by atoms with van der Waals surface area (Å²) < 4.78 is 6.54. The Morgan fingerprint density at radius 2 is 2.26 bits per heavy atom. The lowest BCUT2D eigenvalue weighted by Gasteiger charge is -2.09. The van der Waals surface area contributed by atoms with Crippen LogP contribution in [0.3, 0.4) is 0 Å². The predicted octanol–water partition coefficient (Wildman–Crippen LogP) is 1.59. The zero-order chi connectivity index (χ0) is 13.8. The van der Waals surface area contributed by atoms with E-state index < -0.39 is 5.97 Å². The zero-order valence-electron chi connectivity index (χ0n) is 11.0. The van der Waals surface area contributed by atoms with E-state index in [0.717, 1.165) is 18.7 Å². The van der Waals surface area contributed by atoms with Crippen molar-refractivity contribution in [1.82, 2.24) is 14.5 Å². The Hall–Kier alpha value is -2.37. The van der Waals surface area contributed by atoms with Gasteiger partial charge in [-0.05, 0) is 12.5 Å². The number of nitrogens with zero attached hydrogens (tertiary/aromatic N) is 3. The summed E-state index contributed by atoms with van der Waals surface area (Å²) in [5, 5.41) is 0. The Morgan fingerprint density at radius 3 is 2.95 bits per heavy atom. The van der Waals surface area contributed by atoms with E-state index in [-0.39, 0.29) is 0 Å². The van der Waals surface area contributed by atoms with Crippen LogP contribution in [-0.4, -0.2) is 27.6 Å². The number of nitrogens with two attached hydrogens (primary N) is 1. The molecule has 0 aromatic carbocycles. The maximum atomic E-state index is 11.6. The number of anilines is 1. The van der Waals surface area contributed by atoms with Crippen LogP contribution in [-0.2, 0) is 11.2 Å². The molecule has 100 valence electrons. The number of rotatable bonds is 4. The first-order valence-electron chi connectivity index (χ1n) is 6.03. The van der Waals surface area contributed by atoms with Gasteiger partial charge in [-0.1, -0.05) is 6.92 Å². The van der Waals surface area contributed by atoms with Crippen molar-refractivity contribution in [2.24, 2.45) is 0 Å². The highest BCUT2D eigenvalue weighted by Crippen LogP contribution is 2.17. The molecule has 0 bridgehead atoms. The Balaban J connectivity index is 2.45. The molecule has 0 amide bonds. The minimum absolute atomic E-state index is 0.299. The van der Waals surface area contributed by atoms with Crippen LogP contribution in [0, 0.1) is 0 Å². The van der Waals surface area contributed by atoms with Gasteiger partial charge in [0.05, 0.1) is 24.6 Å². The average molecular weight is 260 g/mol. The molecule has 2 aromatic rings. The molecule has 0 aliphatic carbocycles. The van der Waals surface area contributed by atoms with E-state index in [1.165, 1.54) is 13.3 Å². The molecule has 19 heavy (non-hydrogen) atoms. The highest BCUT2D eigenvalue weighted by atomic mass is 16.5. The van der Waals surface area contributed by atoms with E-state index in [1.54, 1.807) is 12.3 Å². The number of esters is 1. The van der Waals surface area contributed by atoms with Gasteiger partial charge in [0.25, 0.3) is 0 Å². The monoisotopic (exact) mass is 260 g/mol. The smallest absolute Gasteiger partial charge is 0.340 e. The molecule has 0 saturated carbocycles. The molecule has 6 nitrogen and oxygen atoms in total. The van der Waals surface area contributed by atoms with Crippen LogP contribution in [0.25, 0.3) is 5.82 Å². The number of ether oxygens (including phenoxy) is 1. The van der Waals surface area contributed by atoms with E-state index in [9.17, 15) is 4.79 Å². The average Bonchev–Trinajstić information content (AvgIpc) is 2.87. The fourth-order valence-electron chi connectivity index (χ4n) is 1.82. The third kappa shape index (κ3) is 2.57. The Kier molecular flexibility index (Phi) is 3.79. The second kappa shape index (κ2) is 5.51. The standard InChI is InChI=1S/C13H16N4O2/c1-3-4-11-15-5-6-17(11)12-7-9(13(18)19-2)10(14)8-16-12/h5-8H,3-4,14H2,1-2H3. The highest BCUT2D eigenvalue weighted by Gasteiger charge is 2.13. The fraction of sp³-hybridized carbons (Fsp3) is 0.308. The van der Waals surface area contributed by atoms with E-state index in [4.69, 9.17) is 10.5 Å². The van der Waals surface area contributed by atoms with Crippen molar-refractivity contribution < 1.29 is 9.53 Å². The van der Waals surface area contributed by atoms with Crippen molar-refractivity contribution in [1.29, 1.82) is 0 Å². The van der Waals surface area contributed by atoms with Crippen molar-refractivity contribution in [3.63, 3.8) is 0 Å². The molecular formula is C13H16N4O2. The maximum Gasteiger partial charge on any atom is 0.340 e. The topological polar surface area (TPSA) is 83.0 Å². The number of carbonyl (C=O) groups is 1. The highest BCUT2D eigenvalue weighted by molar-refractivity contribution is 5.95. The third-order valence-electron chi connectivity index (χ3n) is 2.76. The first-order valence-corrected chi connectivity index (χ1v) is 6.03. The second-order valence-electron chi connectivity index (χ2n) is 4.08. The number of pyridine rings is 1. The molecule has 2 aromatic heterocycles. The van der Waals surface area contributed by atoms with Crippen LogP contribution >= 0.6 is 0 Å². The summed E-state index contributed by atoms with van der Waals surface area (Å²) in [6.45, 7) is 2.08. The predicted molar refractivity (Wildman–Crippen MR) is 71.1 cm³/mol. The number of aromatic nitrogens is 3. The van der Waals surface area contributed by atoms with Crippen LogP contribution < -0.4 is 5.73 Å². The lowest BCUT2D eigenvalue weighted by molar-refractivity contribution is 0.0602. The summed E-state index contributed by atoms with van der Waals surface area (Å²) in [4.78, 5) is 20.1. The Morgan fingerprint density at radius 1 is 1.47 bits per heavy atom.